The second-order valence-corrected chi connectivity index (χ2v) is 5.86. The Morgan fingerprint density at radius 1 is 1.24 bits per heavy atom. The number of hydrogen-bond acceptors (Lipinski definition) is 3. The third kappa shape index (κ3) is 4.20. The van der Waals surface area contributed by atoms with Gasteiger partial charge in [0.2, 0.25) is 0 Å². The van der Waals surface area contributed by atoms with Crippen LogP contribution in [0.1, 0.15) is 16.0 Å². The SMILES string of the molecule is CN1CCc2ccc(N=C(N)c3cccs3)cc2C1.Cl.Cl. The minimum Gasteiger partial charge on any atom is -0.383 e. The Morgan fingerprint density at radius 3 is 2.76 bits per heavy atom. The molecule has 114 valence electrons. The molecule has 0 saturated carbocycles. The molecule has 0 unspecified atom stereocenters. The maximum atomic E-state index is 6.02. The monoisotopic (exact) mass is 343 g/mol. The largest absolute Gasteiger partial charge is 0.383 e. The number of hydrogen-bond donors (Lipinski definition) is 1. The molecule has 0 radical (unpaired) electrons. The Morgan fingerprint density at radius 2 is 2.05 bits per heavy atom. The Bertz CT molecular complexity index is 611. The van der Waals surface area contributed by atoms with Crippen LogP contribution in [0.2, 0.25) is 0 Å². The van der Waals surface area contributed by atoms with E-state index in [9.17, 15) is 0 Å². The summed E-state index contributed by atoms with van der Waals surface area (Å²) < 4.78 is 0. The number of amidine groups is 1. The Balaban J connectivity index is 0.00000110. The first-order valence-electron chi connectivity index (χ1n) is 6.41. The van der Waals surface area contributed by atoms with E-state index in [1.165, 1.54) is 11.1 Å². The van der Waals surface area contributed by atoms with Crippen LogP contribution in [0, 0.1) is 0 Å². The van der Waals surface area contributed by atoms with Crippen LogP contribution in [-0.4, -0.2) is 24.3 Å². The van der Waals surface area contributed by atoms with E-state index in [2.05, 4.69) is 35.1 Å². The molecule has 0 saturated heterocycles. The number of nitrogens with two attached hydrogens (primary N) is 1. The van der Waals surface area contributed by atoms with Crippen molar-refractivity contribution in [1.82, 2.24) is 4.90 Å². The molecule has 2 heterocycles. The van der Waals surface area contributed by atoms with E-state index in [0.717, 1.165) is 30.1 Å². The summed E-state index contributed by atoms with van der Waals surface area (Å²) in [5.41, 5.74) is 9.78. The van der Waals surface area contributed by atoms with E-state index < -0.39 is 0 Å². The van der Waals surface area contributed by atoms with Crippen molar-refractivity contribution in [2.45, 2.75) is 13.0 Å². The second-order valence-electron chi connectivity index (χ2n) is 4.92. The van der Waals surface area contributed by atoms with Crippen molar-refractivity contribution in [3.63, 3.8) is 0 Å². The molecule has 1 aromatic heterocycles. The fourth-order valence-corrected chi connectivity index (χ4v) is 3.00. The highest BCUT2D eigenvalue weighted by molar-refractivity contribution is 7.12. The van der Waals surface area contributed by atoms with Crippen molar-refractivity contribution in [3.8, 4) is 0 Å². The van der Waals surface area contributed by atoms with Crippen LogP contribution in [-0.2, 0) is 13.0 Å². The summed E-state index contributed by atoms with van der Waals surface area (Å²) >= 11 is 1.62. The molecule has 3 nitrogen and oxygen atoms in total. The van der Waals surface area contributed by atoms with Crippen molar-refractivity contribution in [2.24, 2.45) is 10.7 Å². The van der Waals surface area contributed by atoms with Gasteiger partial charge in [0.1, 0.15) is 5.84 Å². The van der Waals surface area contributed by atoms with Gasteiger partial charge in [-0.2, -0.15) is 0 Å². The molecule has 0 atom stereocenters. The lowest BCUT2D eigenvalue weighted by molar-refractivity contribution is 0.313. The van der Waals surface area contributed by atoms with Crippen LogP contribution in [0.25, 0.3) is 0 Å². The zero-order valence-corrected chi connectivity index (χ0v) is 14.2. The van der Waals surface area contributed by atoms with Crippen molar-refractivity contribution in [2.75, 3.05) is 13.6 Å². The minimum atomic E-state index is 0. The standard InChI is InChI=1S/C15H17N3S.2ClH/c1-18-7-6-11-4-5-13(9-12(11)10-18)17-15(16)14-3-2-8-19-14;;/h2-5,8-9H,6-7,10H2,1H3,(H2,16,17);2*1H. The topological polar surface area (TPSA) is 41.6 Å². The molecule has 1 aliphatic heterocycles. The van der Waals surface area contributed by atoms with Crippen molar-refractivity contribution in [3.05, 3.63) is 51.7 Å². The van der Waals surface area contributed by atoms with E-state index in [-0.39, 0.29) is 24.8 Å². The number of nitrogens with zero attached hydrogens (tertiary/aromatic N) is 2. The lowest BCUT2D eigenvalue weighted by Gasteiger charge is -2.24. The van der Waals surface area contributed by atoms with Crippen LogP contribution < -0.4 is 5.73 Å². The molecule has 0 spiro atoms. The molecule has 0 amide bonds. The molecule has 2 aromatic rings. The Hall–Kier alpha value is -1.07. The van der Waals surface area contributed by atoms with Gasteiger partial charge in [-0.1, -0.05) is 12.1 Å². The fraction of sp³-hybridized carbons (Fsp3) is 0.267. The number of aliphatic imine (C=N–C) groups is 1. The van der Waals surface area contributed by atoms with Crippen LogP contribution >= 0.6 is 36.2 Å². The van der Waals surface area contributed by atoms with E-state index in [4.69, 9.17) is 5.73 Å². The zero-order valence-electron chi connectivity index (χ0n) is 11.8. The predicted octanol–water partition coefficient (Wildman–Crippen LogP) is 3.62. The maximum absolute atomic E-state index is 6.02. The first-order valence-corrected chi connectivity index (χ1v) is 7.29. The maximum Gasteiger partial charge on any atom is 0.141 e. The second kappa shape index (κ2) is 7.80. The molecule has 0 fully saturated rings. The number of rotatable bonds is 2. The van der Waals surface area contributed by atoms with Gasteiger partial charge in [-0.05, 0) is 48.2 Å². The molecule has 21 heavy (non-hydrogen) atoms. The molecule has 6 heteroatoms. The third-order valence-electron chi connectivity index (χ3n) is 3.42. The quantitative estimate of drug-likeness (QED) is 0.668. The highest BCUT2D eigenvalue weighted by Gasteiger charge is 2.13. The van der Waals surface area contributed by atoms with Gasteiger partial charge in [0, 0.05) is 13.1 Å². The van der Waals surface area contributed by atoms with Crippen molar-refractivity contribution < 1.29 is 0 Å². The summed E-state index contributed by atoms with van der Waals surface area (Å²) in [6.45, 7) is 2.13. The summed E-state index contributed by atoms with van der Waals surface area (Å²) in [4.78, 5) is 7.88. The van der Waals surface area contributed by atoms with Gasteiger partial charge in [-0.15, -0.1) is 36.2 Å². The van der Waals surface area contributed by atoms with Crippen LogP contribution in [0.5, 0.6) is 0 Å². The van der Waals surface area contributed by atoms with Gasteiger partial charge in [0.05, 0.1) is 10.6 Å². The van der Waals surface area contributed by atoms with Crippen LogP contribution in [0.15, 0.2) is 40.7 Å². The Labute approximate surface area is 141 Å². The molecule has 0 aliphatic carbocycles. The van der Waals surface area contributed by atoms with Gasteiger partial charge in [-0.3, -0.25) is 0 Å². The first-order chi connectivity index (χ1) is 9.22. The normalized spacial score (nSPS) is 14.8. The van der Waals surface area contributed by atoms with Gasteiger partial charge >= 0.3 is 0 Å². The fourth-order valence-electron chi connectivity index (χ4n) is 2.37. The summed E-state index contributed by atoms with van der Waals surface area (Å²) in [6.07, 6.45) is 1.12. The van der Waals surface area contributed by atoms with E-state index in [0.29, 0.717) is 5.84 Å². The number of fused-ring (bicyclic) bond motifs is 1. The molecule has 1 aliphatic rings. The zero-order chi connectivity index (χ0) is 13.2. The molecule has 2 N–H and O–H groups in total. The summed E-state index contributed by atoms with van der Waals surface area (Å²) in [5, 5.41) is 2.01. The summed E-state index contributed by atoms with van der Waals surface area (Å²) in [5.74, 6) is 0.596. The minimum absolute atomic E-state index is 0. The number of thiophene rings is 1. The van der Waals surface area contributed by atoms with E-state index in [1.54, 1.807) is 11.3 Å². The average Bonchev–Trinajstić information content (AvgIpc) is 2.92. The Kier molecular flexibility index (Phi) is 6.68. The van der Waals surface area contributed by atoms with Gasteiger partial charge in [0.15, 0.2) is 0 Å². The van der Waals surface area contributed by atoms with Crippen LogP contribution in [0.3, 0.4) is 0 Å². The first kappa shape index (κ1) is 18.0. The summed E-state index contributed by atoms with van der Waals surface area (Å²) in [6, 6.07) is 10.4. The average molecular weight is 344 g/mol. The lowest BCUT2D eigenvalue weighted by Crippen LogP contribution is -2.26. The highest BCUT2D eigenvalue weighted by atomic mass is 35.5. The number of halogens is 2. The smallest absolute Gasteiger partial charge is 0.141 e. The van der Waals surface area contributed by atoms with Crippen molar-refractivity contribution >= 4 is 47.7 Å². The van der Waals surface area contributed by atoms with Gasteiger partial charge in [0.25, 0.3) is 0 Å². The van der Waals surface area contributed by atoms with Gasteiger partial charge < -0.3 is 10.6 Å². The molecule has 3 rings (SSSR count). The van der Waals surface area contributed by atoms with E-state index >= 15 is 0 Å². The van der Waals surface area contributed by atoms with Crippen molar-refractivity contribution in [1.29, 1.82) is 0 Å². The molecular formula is C15H19Cl2N3S. The predicted molar refractivity (Wildman–Crippen MR) is 95.7 cm³/mol. The van der Waals surface area contributed by atoms with Gasteiger partial charge in [-0.25, -0.2) is 4.99 Å². The number of benzene rings is 1. The van der Waals surface area contributed by atoms with Crippen LogP contribution in [0.4, 0.5) is 5.69 Å². The summed E-state index contributed by atoms with van der Waals surface area (Å²) in [7, 11) is 2.15. The third-order valence-corrected chi connectivity index (χ3v) is 4.31. The molecule has 0 bridgehead atoms. The molecular weight excluding hydrogens is 325 g/mol. The molecule has 1 aromatic carbocycles. The highest BCUT2D eigenvalue weighted by Crippen LogP contribution is 2.24. The van der Waals surface area contributed by atoms with E-state index in [1.807, 2.05) is 17.5 Å². The number of likely N-dealkylation sites (N-methyl/N-ethyl adjacent to an activating group) is 1. The lowest BCUT2D eigenvalue weighted by atomic mass is 9.99.